The number of likely N-dealkylation sites (tertiary alicyclic amines) is 1. The molecule has 2 aliphatic heterocycles. The number of likely N-dealkylation sites (N-methyl/N-ethyl adjacent to an activating group) is 1. The van der Waals surface area contributed by atoms with Gasteiger partial charge in [-0.05, 0) is 30.7 Å². The van der Waals surface area contributed by atoms with Crippen molar-refractivity contribution in [2.45, 2.75) is 12.3 Å². The fourth-order valence-corrected chi connectivity index (χ4v) is 3.92. The first-order valence-electron chi connectivity index (χ1n) is 7.62. The average Bonchev–Trinajstić information content (AvgIpc) is 2.44. The van der Waals surface area contributed by atoms with Gasteiger partial charge in [-0.2, -0.15) is 0 Å². The van der Waals surface area contributed by atoms with Crippen molar-refractivity contribution in [3.63, 3.8) is 0 Å². The van der Waals surface area contributed by atoms with Gasteiger partial charge in [-0.15, -0.1) is 0 Å². The quantitative estimate of drug-likeness (QED) is 0.905. The maximum absolute atomic E-state index is 3.77. The van der Waals surface area contributed by atoms with E-state index in [-0.39, 0.29) is 0 Å². The van der Waals surface area contributed by atoms with Crippen LogP contribution in [0.1, 0.15) is 17.0 Å². The summed E-state index contributed by atoms with van der Waals surface area (Å²) in [5.41, 5.74) is 2.93. The SMILES string of the molecule is CN1CC(c2ccc(CCN3CCNCC3)cc2Br)C1. The smallest absolute Gasteiger partial charge is 0.0213 e. The van der Waals surface area contributed by atoms with Crippen molar-refractivity contribution in [3.05, 3.63) is 33.8 Å². The number of hydrogen-bond acceptors (Lipinski definition) is 3. The molecule has 0 amide bonds. The van der Waals surface area contributed by atoms with E-state index in [0.717, 1.165) is 25.4 Å². The van der Waals surface area contributed by atoms with Crippen molar-refractivity contribution in [2.75, 3.05) is 52.9 Å². The Morgan fingerprint density at radius 1 is 1.25 bits per heavy atom. The summed E-state index contributed by atoms with van der Waals surface area (Å²) in [6, 6.07) is 6.98. The molecule has 2 heterocycles. The Kier molecular flexibility index (Phi) is 4.76. The Morgan fingerprint density at radius 2 is 2.00 bits per heavy atom. The van der Waals surface area contributed by atoms with Crippen LogP contribution in [0.25, 0.3) is 0 Å². The number of nitrogens with zero attached hydrogens (tertiary/aromatic N) is 2. The van der Waals surface area contributed by atoms with Crippen LogP contribution in [-0.4, -0.2) is 62.7 Å². The normalized spacial score (nSPS) is 21.9. The highest BCUT2D eigenvalue weighted by Crippen LogP contribution is 2.32. The van der Waals surface area contributed by atoms with E-state index in [1.54, 1.807) is 0 Å². The minimum Gasteiger partial charge on any atom is -0.314 e. The second kappa shape index (κ2) is 6.56. The first kappa shape index (κ1) is 14.5. The highest BCUT2D eigenvalue weighted by Gasteiger charge is 2.26. The molecule has 110 valence electrons. The molecule has 0 atom stereocenters. The highest BCUT2D eigenvalue weighted by molar-refractivity contribution is 9.10. The van der Waals surface area contributed by atoms with Crippen LogP contribution >= 0.6 is 15.9 Å². The zero-order valence-corrected chi connectivity index (χ0v) is 13.8. The van der Waals surface area contributed by atoms with Crippen LogP contribution in [-0.2, 0) is 6.42 Å². The molecular formula is C16H24BrN3. The summed E-state index contributed by atoms with van der Waals surface area (Å²) in [6.07, 6.45) is 1.16. The Labute approximate surface area is 130 Å². The van der Waals surface area contributed by atoms with Gasteiger partial charge in [-0.1, -0.05) is 28.1 Å². The van der Waals surface area contributed by atoms with Crippen molar-refractivity contribution in [2.24, 2.45) is 0 Å². The molecule has 4 heteroatoms. The Morgan fingerprint density at radius 3 is 2.65 bits per heavy atom. The second-order valence-electron chi connectivity index (χ2n) is 6.12. The van der Waals surface area contributed by atoms with Crippen molar-refractivity contribution in [3.8, 4) is 0 Å². The molecule has 2 aliphatic rings. The lowest BCUT2D eigenvalue weighted by atomic mass is 9.91. The van der Waals surface area contributed by atoms with Crippen molar-refractivity contribution in [1.82, 2.24) is 15.1 Å². The fourth-order valence-electron chi connectivity index (χ4n) is 3.17. The van der Waals surface area contributed by atoms with Gasteiger partial charge in [0.05, 0.1) is 0 Å². The van der Waals surface area contributed by atoms with Gasteiger partial charge < -0.3 is 15.1 Å². The summed E-state index contributed by atoms with van der Waals surface area (Å²) < 4.78 is 1.30. The first-order chi connectivity index (χ1) is 9.72. The van der Waals surface area contributed by atoms with Crippen LogP contribution in [0.15, 0.2) is 22.7 Å². The van der Waals surface area contributed by atoms with Crippen LogP contribution in [0.5, 0.6) is 0 Å². The number of hydrogen-bond donors (Lipinski definition) is 1. The lowest BCUT2D eigenvalue weighted by Crippen LogP contribution is -2.44. The van der Waals surface area contributed by atoms with Gasteiger partial charge in [0.15, 0.2) is 0 Å². The predicted molar refractivity (Wildman–Crippen MR) is 87.4 cm³/mol. The molecule has 0 spiro atoms. The van der Waals surface area contributed by atoms with Gasteiger partial charge in [0.1, 0.15) is 0 Å². The molecule has 3 nitrogen and oxygen atoms in total. The monoisotopic (exact) mass is 337 g/mol. The van der Waals surface area contributed by atoms with Gasteiger partial charge in [0.2, 0.25) is 0 Å². The molecule has 1 aromatic carbocycles. The molecular weight excluding hydrogens is 314 g/mol. The largest absolute Gasteiger partial charge is 0.314 e. The standard InChI is InChI=1S/C16H24BrN3/c1-19-11-14(12-19)15-3-2-13(10-16(15)17)4-7-20-8-5-18-6-9-20/h2-3,10,14,18H,4-9,11-12H2,1H3. The van der Waals surface area contributed by atoms with E-state index >= 15 is 0 Å². The Hall–Kier alpha value is -0.420. The van der Waals surface area contributed by atoms with Gasteiger partial charge in [-0.3, -0.25) is 0 Å². The minimum atomic E-state index is 0.719. The molecule has 3 rings (SSSR count). The summed E-state index contributed by atoms with van der Waals surface area (Å²) in [5.74, 6) is 0.719. The van der Waals surface area contributed by atoms with E-state index in [9.17, 15) is 0 Å². The van der Waals surface area contributed by atoms with Crippen molar-refractivity contribution >= 4 is 15.9 Å². The maximum atomic E-state index is 3.77. The van der Waals surface area contributed by atoms with E-state index in [4.69, 9.17) is 0 Å². The van der Waals surface area contributed by atoms with Gasteiger partial charge in [0.25, 0.3) is 0 Å². The van der Waals surface area contributed by atoms with Crippen molar-refractivity contribution in [1.29, 1.82) is 0 Å². The lowest BCUT2D eigenvalue weighted by Gasteiger charge is -2.37. The van der Waals surface area contributed by atoms with E-state index in [1.165, 1.54) is 48.3 Å². The summed E-state index contributed by atoms with van der Waals surface area (Å²) in [5, 5.41) is 3.41. The van der Waals surface area contributed by atoms with Gasteiger partial charge >= 0.3 is 0 Å². The topological polar surface area (TPSA) is 18.5 Å². The summed E-state index contributed by atoms with van der Waals surface area (Å²) in [7, 11) is 2.19. The van der Waals surface area contributed by atoms with Gasteiger partial charge in [0, 0.05) is 56.2 Å². The Bertz CT molecular complexity index is 451. The third kappa shape index (κ3) is 3.42. The first-order valence-corrected chi connectivity index (χ1v) is 8.41. The van der Waals surface area contributed by atoms with E-state index in [1.807, 2.05) is 0 Å². The number of benzene rings is 1. The number of nitrogens with one attached hydrogen (secondary N) is 1. The summed E-state index contributed by atoms with van der Waals surface area (Å²) >= 11 is 3.77. The molecule has 0 saturated carbocycles. The zero-order chi connectivity index (χ0) is 13.9. The molecule has 0 radical (unpaired) electrons. The van der Waals surface area contributed by atoms with Crippen LogP contribution in [0.2, 0.25) is 0 Å². The predicted octanol–water partition coefficient (Wildman–Crippen LogP) is 1.93. The molecule has 0 unspecified atom stereocenters. The fraction of sp³-hybridized carbons (Fsp3) is 0.625. The van der Waals surface area contributed by atoms with Gasteiger partial charge in [-0.25, -0.2) is 0 Å². The summed E-state index contributed by atoms with van der Waals surface area (Å²) in [4.78, 5) is 4.93. The maximum Gasteiger partial charge on any atom is 0.0213 e. The third-order valence-electron chi connectivity index (χ3n) is 4.50. The molecule has 1 N–H and O–H groups in total. The second-order valence-corrected chi connectivity index (χ2v) is 6.97. The van der Waals surface area contributed by atoms with Crippen LogP contribution in [0.3, 0.4) is 0 Å². The van der Waals surface area contributed by atoms with E-state index in [0.29, 0.717) is 0 Å². The molecule has 2 saturated heterocycles. The molecule has 20 heavy (non-hydrogen) atoms. The number of rotatable bonds is 4. The lowest BCUT2D eigenvalue weighted by molar-refractivity contribution is 0.189. The third-order valence-corrected chi connectivity index (χ3v) is 5.18. The minimum absolute atomic E-state index is 0.719. The van der Waals surface area contributed by atoms with Crippen LogP contribution in [0, 0.1) is 0 Å². The van der Waals surface area contributed by atoms with E-state index in [2.05, 4.69) is 56.3 Å². The van der Waals surface area contributed by atoms with Crippen molar-refractivity contribution < 1.29 is 0 Å². The molecule has 1 aromatic rings. The number of piperazine rings is 1. The highest BCUT2D eigenvalue weighted by atomic mass is 79.9. The molecule has 0 aliphatic carbocycles. The zero-order valence-electron chi connectivity index (χ0n) is 12.2. The van der Waals surface area contributed by atoms with Crippen LogP contribution < -0.4 is 5.32 Å². The molecule has 0 aromatic heterocycles. The Balaban J connectivity index is 1.56. The molecule has 2 fully saturated rings. The number of halogens is 1. The van der Waals surface area contributed by atoms with Crippen LogP contribution in [0.4, 0.5) is 0 Å². The van der Waals surface area contributed by atoms with E-state index < -0.39 is 0 Å². The summed E-state index contributed by atoms with van der Waals surface area (Å²) in [6.45, 7) is 8.22. The average molecular weight is 338 g/mol. The molecule has 0 bridgehead atoms.